The molecule has 1 aromatic rings. The second-order valence-corrected chi connectivity index (χ2v) is 4.38. The lowest BCUT2D eigenvalue weighted by Crippen LogP contribution is -2.52. The Balaban J connectivity index is 0.00000324. The van der Waals surface area contributed by atoms with Gasteiger partial charge in [-0.2, -0.15) is 0 Å². The van der Waals surface area contributed by atoms with Crippen molar-refractivity contribution in [3.05, 3.63) is 29.8 Å². The summed E-state index contributed by atoms with van der Waals surface area (Å²) in [6.45, 7) is 4.50. The fourth-order valence-corrected chi connectivity index (χ4v) is 1.84. The lowest BCUT2D eigenvalue weighted by Gasteiger charge is -2.31. The van der Waals surface area contributed by atoms with Crippen molar-refractivity contribution in [1.29, 1.82) is 0 Å². The molecule has 0 heterocycles. The third kappa shape index (κ3) is 4.40. The highest BCUT2D eigenvalue weighted by Crippen LogP contribution is 2.17. The van der Waals surface area contributed by atoms with E-state index in [9.17, 15) is 4.79 Å². The number of methoxy groups -OCH3 is 1. The van der Waals surface area contributed by atoms with Crippen molar-refractivity contribution >= 4 is 18.3 Å². The van der Waals surface area contributed by atoms with Crippen molar-refractivity contribution in [3.63, 3.8) is 0 Å². The molecule has 1 amide bonds. The molecule has 0 aliphatic heterocycles. The summed E-state index contributed by atoms with van der Waals surface area (Å²) < 4.78 is 5.11. The van der Waals surface area contributed by atoms with Gasteiger partial charge in [-0.05, 0) is 31.0 Å². The van der Waals surface area contributed by atoms with Gasteiger partial charge < -0.3 is 15.8 Å². The number of hydrogen-bond acceptors (Lipinski definition) is 3. The normalized spacial score (nSPS) is 10.5. The van der Waals surface area contributed by atoms with Crippen molar-refractivity contribution in [2.75, 3.05) is 13.7 Å². The standard InChI is InChI=1S/C14H22N2O2.ClH/c1-4-14(5-2,10-15)16-13(17)11-7-6-8-12(9-11)18-3;/h6-9H,4-5,10,15H2,1-3H3,(H,16,17);1H. The van der Waals surface area contributed by atoms with Crippen LogP contribution < -0.4 is 15.8 Å². The first-order valence-electron chi connectivity index (χ1n) is 6.27. The van der Waals surface area contributed by atoms with Gasteiger partial charge in [0.1, 0.15) is 5.75 Å². The molecule has 0 unspecified atom stereocenters. The van der Waals surface area contributed by atoms with E-state index in [1.54, 1.807) is 25.3 Å². The van der Waals surface area contributed by atoms with Crippen molar-refractivity contribution in [3.8, 4) is 5.75 Å². The molecular weight excluding hydrogens is 264 g/mol. The minimum Gasteiger partial charge on any atom is -0.497 e. The molecule has 0 spiro atoms. The largest absolute Gasteiger partial charge is 0.497 e. The van der Waals surface area contributed by atoms with Gasteiger partial charge >= 0.3 is 0 Å². The number of ether oxygens (including phenoxy) is 1. The smallest absolute Gasteiger partial charge is 0.251 e. The van der Waals surface area contributed by atoms with Crippen LogP contribution >= 0.6 is 12.4 Å². The number of carbonyl (C=O) groups excluding carboxylic acids is 1. The molecule has 0 saturated heterocycles. The number of amides is 1. The summed E-state index contributed by atoms with van der Waals surface area (Å²) in [7, 11) is 1.58. The van der Waals surface area contributed by atoms with E-state index >= 15 is 0 Å². The van der Waals surface area contributed by atoms with E-state index in [1.165, 1.54) is 0 Å². The average Bonchev–Trinajstić information content (AvgIpc) is 2.44. The van der Waals surface area contributed by atoms with Crippen molar-refractivity contribution < 1.29 is 9.53 Å². The summed E-state index contributed by atoms with van der Waals surface area (Å²) in [5.41, 5.74) is 6.04. The summed E-state index contributed by atoms with van der Waals surface area (Å²) in [6, 6.07) is 7.11. The molecule has 19 heavy (non-hydrogen) atoms. The molecule has 5 heteroatoms. The molecule has 0 aromatic heterocycles. The molecule has 0 fully saturated rings. The molecular formula is C14H23ClN2O2. The predicted octanol–water partition coefficient (Wildman–Crippen LogP) is 2.36. The quantitative estimate of drug-likeness (QED) is 0.844. The van der Waals surface area contributed by atoms with Gasteiger partial charge in [0.15, 0.2) is 0 Å². The van der Waals surface area contributed by atoms with Gasteiger partial charge in [0, 0.05) is 12.1 Å². The van der Waals surface area contributed by atoms with E-state index in [2.05, 4.69) is 5.32 Å². The molecule has 0 atom stereocenters. The van der Waals surface area contributed by atoms with Gasteiger partial charge in [0.05, 0.1) is 12.6 Å². The molecule has 0 bridgehead atoms. The Labute approximate surface area is 121 Å². The molecule has 1 aromatic carbocycles. The molecule has 0 aliphatic carbocycles. The van der Waals surface area contributed by atoms with E-state index in [0.29, 0.717) is 17.9 Å². The fraction of sp³-hybridized carbons (Fsp3) is 0.500. The van der Waals surface area contributed by atoms with E-state index in [0.717, 1.165) is 12.8 Å². The van der Waals surface area contributed by atoms with Crippen LogP contribution in [0, 0.1) is 0 Å². The van der Waals surface area contributed by atoms with E-state index in [1.807, 2.05) is 19.9 Å². The van der Waals surface area contributed by atoms with Gasteiger partial charge in [0.2, 0.25) is 0 Å². The number of halogens is 1. The number of rotatable bonds is 6. The highest BCUT2D eigenvalue weighted by atomic mass is 35.5. The van der Waals surface area contributed by atoms with Gasteiger partial charge in [-0.3, -0.25) is 4.79 Å². The van der Waals surface area contributed by atoms with Crippen molar-refractivity contribution in [2.45, 2.75) is 32.2 Å². The Morgan fingerprint density at radius 3 is 2.47 bits per heavy atom. The monoisotopic (exact) mass is 286 g/mol. The summed E-state index contributed by atoms with van der Waals surface area (Å²) in [4.78, 5) is 12.2. The fourth-order valence-electron chi connectivity index (χ4n) is 1.84. The maximum atomic E-state index is 12.2. The SMILES string of the molecule is CCC(CC)(CN)NC(=O)c1cccc(OC)c1.Cl. The topological polar surface area (TPSA) is 64.3 Å². The first kappa shape index (κ1) is 17.7. The summed E-state index contributed by atoms with van der Waals surface area (Å²) in [5, 5.41) is 3.03. The first-order chi connectivity index (χ1) is 8.60. The van der Waals surface area contributed by atoms with Crippen LogP contribution in [0.15, 0.2) is 24.3 Å². The van der Waals surface area contributed by atoms with Crippen LogP contribution in [0.1, 0.15) is 37.0 Å². The second kappa shape index (κ2) is 8.02. The van der Waals surface area contributed by atoms with Gasteiger partial charge in [-0.15, -0.1) is 12.4 Å². The summed E-state index contributed by atoms with van der Waals surface area (Å²) in [5.74, 6) is 0.567. The molecule has 1 rings (SSSR count). The van der Waals surface area contributed by atoms with Crippen molar-refractivity contribution in [2.24, 2.45) is 5.73 Å². The van der Waals surface area contributed by atoms with E-state index in [-0.39, 0.29) is 23.9 Å². The van der Waals surface area contributed by atoms with Gasteiger partial charge in [-0.1, -0.05) is 19.9 Å². The van der Waals surface area contributed by atoms with Crippen LogP contribution in [-0.4, -0.2) is 25.1 Å². The second-order valence-electron chi connectivity index (χ2n) is 4.38. The summed E-state index contributed by atoms with van der Waals surface area (Å²) in [6.07, 6.45) is 1.63. The third-order valence-electron chi connectivity index (χ3n) is 3.45. The Bertz CT molecular complexity index is 398. The van der Waals surface area contributed by atoms with Crippen molar-refractivity contribution in [1.82, 2.24) is 5.32 Å². The minimum absolute atomic E-state index is 0. The Morgan fingerprint density at radius 1 is 1.37 bits per heavy atom. The molecule has 0 radical (unpaired) electrons. The number of carbonyl (C=O) groups is 1. The zero-order valence-electron chi connectivity index (χ0n) is 11.7. The van der Waals surface area contributed by atoms with Crippen LogP contribution in [0.4, 0.5) is 0 Å². The maximum Gasteiger partial charge on any atom is 0.251 e. The highest BCUT2D eigenvalue weighted by Gasteiger charge is 2.26. The van der Waals surface area contributed by atoms with Crippen LogP contribution in [0.5, 0.6) is 5.75 Å². The lowest BCUT2D eigenvalue weighted by atomic mass is 9.92. The number of nitrogens with two attached hydrogens (primary N) is 1. The van der Waals surface area contributed by atoms with Crippen LogP contribution in [0.2, 0.25) is 0 Å². The van der Waals surface area contributed by atoms with Gasteiger partial charge in [0.25, 0.3) is 5.91 Å². The molecule has 4 nitrogen and oxygen atoms in total. The van der Waals surface area contributed by atoms with E-state index in [4.69, 9.17) is 10.5 Å². The molecule has 3 N–H and O–H groups in total. The molecule has 0 saturated carbocycles. The maximum absolute atomic E-state index is 12.2. The third-order valence-corrected chi connectivity index (χ3v) is 3.45. The van der Waals surface area contributed by atoms with Crippen LogP contribution in [0.3, 0.4) is 0 Å². The Morgan fingerprint density at radius 2 is 2.00 bits per heavy atom. The average molecular weight is 287 g/mol. The summed E-state index contributed by atoms with van der Waals surface area (Å²) >= 11 is 0. The lowest BCUT2D eigenvalue weighted by molar-refractivity contribution is 0.0895. The zero-order valence-corrected chi connectivity index (χ0v) is 12.5. The van der Waals surface area contributed by atoms with Crippen LogP contribution in [0.25, 0.3) is 0 Å². The number of nitrogens with one attached hydrogen (secondary N) is 1. The van der Waals surface area contributed by atoms with E-state index < -0.39 is 0 Å². The first-order valence-corrected chi connectivity index (χ1v) is 6.27. The Kier molecular flexibility index (Phi) is 7.49. The molecule has 0 aliphatic rings. The van der Waals surface area contributed by atoms with Gasteiger partial charge in [-0.25, -0.2) is 0 Å². The minimum atomic E-state index is -0.319. The van der Waals surface area contributed by atoms with Crippen LogP contribution in [-0.2, 0) is 0 Å². The number of benzene rings is 1. The molecule has 108 valence electrons. The predicted molar refractivity (Wildman–Crippen MR) is 80.1 cm³/mol. The highest BCUT2D eigenvalue weighted by molar-refractivity contribution is 5.95. The zero-order chi connectivity index (χ0) is 13.6. The Hall–Kier alpha value is -1.26. The number of hydrogen-bond donors (Lipinski definition) is 2.